The van der Waals surface area contributed by atoms with Crippen LogP contribution in [0.4, 0.5) is 0 Å². The Bertz CT molecular complexity index is 424. The molecule has 1 fully saturated rings. The first-order valence-electron chi connectivity index (χ1n) is 8.02. The predicted octanol–water partition coefficient (Wildman–Crippen LogP) is 3.22. The van der Waals surface area contributed by atoms with E-state index in [9.17, 15) is 5.11 Å². The molecule has 3 unspecified atom stereocenters. The molecule has 1 N–H and O–H groups in total. The van der Waals surface area contributed by atoms with E-state index >= 15 is 0 Å². The molecule has 1 aromatic heterocycles. The molecular weight excluding hydrogens is 284 g/mol. The molecule has 0 radical (unpaired) electrons. The number of rotatable bonds is 7. The Labute approximate surface area is 132 Å². The van der Waals surface area contributed by atoms with E-state index in [0.717, 1.165) is 43.2 Å². The highest BCUT2D eigenvalue weighted by atomic mass is 32.1. The smallest absolute Gasteiger partial charge is 0.122 e. The molecule has 1 aromatic rings. The lowest BCUT2D eigenvalue weighted by Crippen LogP contribution is -2.34. The molecule has 1 aliphatic rings. The van der Waals surface area contributed by atoms with Crippen molar-refractivity contribution in [1.29, 1.82) is 0 Å². The van der Waals surface area contributed by atoms with Crippen molar-refractivity contribution in [3.8, 4) is 0 Å². The summed E-state index contributed by atoms with van der Waals surface area (Å²) < 4.78 is 5.58. The Balaban J connectivity index is 1.83. The van der Waals surface area contributed by atoms with Crippen molar-refractivity contribution >= 4 is 11.3 Å². The summed E-state index contributed by atoms with van der Waals surface area (Å²) in [5.74, 6) is 0.421. The van der Waals surface area contributed by atoms with Crippen molar-refractivity contribution in [2.75, 3.05) is 20.2 Å². The van der Waals surface area contributed by atoms with Gasteiger partial charge in [-0.2, -0.15) is 0 Å². The quantitative estimate of drug-likeness (QED) is 0.839. The van der Waals surface area contributed by atoms with Gasteiger partial charge in [0.15, 0.2) is 0 Å². The minimum atomic E-state index is -0.120. The van der Waals surface area contributed by atoms with Gasteiger partial charge < -0.3 is 14.7 Å². The van der Waals surface area contributed by atoms with Gasteiger partial charge in [-0.3, -0.25) is 0 Å². The van der Waals surface area contributed by atoms with Crippen molar-refractivity contribution in [1.82, 2.24) is 9.88 Å². The first-order chi connectivity index (χ1) is 10.1. The lowest BCUT2D eigenvalue weighted by molar-refractivity contribution is 0.0499. The summed E-state index contributed by atoms with van der Waals surface area (Å²) >= 11 is 1.67. The third-order valence-corrected chi connectivity index (χ3v) is 5.24. The van der Waals surface area contributed by atoms with E-state index in [1.54, 1.807) is 11.3 Å². The average Bonchev–Trinajstić information content (AvgIpc) is 2.90. The normalized spacial score (nSPS) is 24.4. The highest BCUT2D eigenvalue weighted by Gasteiger charge is 2.24. The molecule has 120 valence electrons. The number of aliphatic hydroxyl groups excluding tert-OH is 1. The van der Waals surface area contributed by atoms with Gasteiger partial charge in [-0.15, -0.1) is 11.3 Å². The van der Waals surface area contributed by atoms with Gasteiger partial charge in [-0.1, -0.05) is 12.8 Å². The van der Waals surface area contributed by atoms with Crippen molar-refractivity contribution < 1.29 is 9.84 Å². The summed E-state index contributed by atoms with van der Waals surface area (Å²) in [6.45, 7) is 6.58. The monoisotopic (exact) mass is 312 g/mol. The van der Waals surface area contributed by atoms with Gasteiger partial charge in [0, 0.05) is 25.1 Å². The van der Waals surface area contributed by atoms with Gasteiger partial charge in [-0.05, 0) is 39.7 Å². The van der Waals surface area contributed by atoms with E-state index in [1.165, 1.54) is 12.8 Å². The molecule has 0 amide bonds. The Hall–Kier alpha value is -0.490. The fourth-order valence-electron chi connectivity index (χ4n) is 3.05. The van der Waals surface area contributed by atoms with Crippen molar-refractivity contribution in [3.05, 3.63) is 16.1 Å². The Kier molecular flexibility index (Phi) is 6.61. The van der Waals surface area contributed by atoms with Crippen LogP contribution in [0.2, 0.25) is 0 Å². The van der Waals surface area contributed by atoms with E-state index in [2.05, 4.69) is 22.3 Å². The van der Waals surface area contributed by atoms with Crippen molar-refractivity contribution in [2.45, 2.75) is 58.3 Å². The third kappa shape index (κ3) is 5.02. The summed E-state index contributed by atoms with van der Waals surface area (Å²) in [6, 6.07) is 0. The van der Waals surface area contributed by atoms with Crippen LogP contribution in [-0.4, -0.2) is 41.3 Å². The molecule has 1 heterocycles. The van der Waals surface area contributed by atoms with Crippen LogP contribution in [0.25, 0.3) is 0 Å². The van der Waals surface area contributed by atoms with E-state index in [0.29, 0.717) is 5.92 Å². The second kappa shape index (κ2) is 8.22. The van der Waals surface area contributed by atoms with Gasteiger partial charge in [-0.25, -0.2) is 4.98 Å². The third-order valence-electron chi connectivity index (χ3n) is 4.18. The van der Waals surface area contributed by atoms with E-state index < -0.39 is 0 Å². The number of aliphatic hydroxyl groups is 1. The molecule has 1 aliphatic carbocycles. The lowest BCUT2D eigenvalue weighted by Gasteiger charge is -2.30. The summed E-state index contributed by atoms with van der Waals surface area (Å²) in [7, 11) is 2.12. The van der Waals surface area contributed by atoms with Crippen LogP contribution >= 0.6 is 11.3 Å². The van der Waals surface area contributed by atoms with Crippen molar-refractivity contribution in [2.24, 2.45) is 5.92 Å². The molecule has 4 nitrogen and oxygen atoms in total. The van der Waals surface area contributed by atoms with Crippen LogP contribution < -0.4 is 0 Å². The van der Waals surface area contributed by atoms with Crippen LogP contribution in [0.15, 0.2) is 5.38 Å². The second-order valence-corrected chi connectivity index (χ2v) is 6.97. The zero-order valence-corrected chi connectivity index (χ0v) is 14.2. The van der Waals surface area contributed by atoms with Crippen molar-refractivity contribution in [3.63, 3.8) is 0 Å². The summed E-state index contributed by atoms with van der Waals surface area (Å²) in [4.78, 5) is 6.95. The lowest BCUT2D eigenvalue weighted by atomic mass is 9.86. The average molecular weight is 312 g/mol. The maximum Gasteiger partial charge on any atom is 0.122 e. The number of hydrogen-bond acceptors (Lipinski definition) is 5. The SMILES string of the molecule is CCOC(C)c1nc(CN(C)CC2CCCCC2O)cs1. The van der Waals surface area contributed by atoms with Crippen LogP contribution in [0.5, 0.6) is 0 Å². The van der Waals surface area contributed by atoms with E-state index in [4.69, 9.17) is 4.74 Å². The molecule has 0 saturated heterocycles. The summed E-state index contributed by atoms with van der Waals surface area (Å²) in [6.07, 6.45) is 4.50. The fraction of sp³-hybridized carbons (Fsp3) is 0.812. The summed E-state index contributed by atoms with van der Waals surface area (Å²) in [5.41, 5.74) is 1.11. The highest BCUT2D eigenvalue weighted by molar-refractivity contribution is 7.09. The molecule has 21 heavy (non-hydrogen) atoms. The van der Waals surface area contributed by atoms with Crippen LogP contribution in [0.1, 0.15) is 56.3 Å². The van der Waals surface area contributed by atoms with Gasteiger partial charge in [0.05, 0.1) is 11.8 Å². The van der Waals surface area contributed by atoms with Gasteiger partial charge in [0.2, 0.25) is 0 Å². The number of thiazole rings is 1. The molecule has 0 aliphatic heterocycles. The highest BCUT2D eigenvalue weighted by Crippen LogP contribution is 2.26. The molecule has 3 atom stereocenters. The largest absolute Gasteiger partial charge is 0.393 e. The predicted molar refractivity (Wildman–Crippen MR) is 86.5 cm³/mol. The standard InChI is InChI=1S/C16H28N2O2S/c1-4-20-12(2)16-17-14(11-21-16)10-18(3)9-13-7-5-6-8-15(13)19/h11-13,15,19H,4-10H2,1-3H3. The Morgan fingerprint density at radius 1 is 1.48 bits per heavy atom. The number of hydrogen-bond donors (Lipinski definition) is 1. The minimum absolute atomic E-state index is 0.0826. The van der Waals surface area contributed by atoms with Crippen LogP contribution in [0, 0.1) is 5.92 Å². The fourth-order valence-corrected chi connectivity index (χ4v) is 3.86. The molecule has 2 rings (SSSR count). The number of nitrogens with zero attached hydrogens (tertiary/aromatic N) is 2. The summed E-state index contributed by atoms with van der Waals surface area (Å²) in [5, 5.41) is 13.2. The first kappa shape index (κ1) is 16.9. The van der Waals surface area contributed by atoms with Gasteiger partial charge in [0.25, 0.3) is 0 Å². The van der Waals surface area contributed by atoms with Gasteiger partial charge in [0.1, 0.15) is 11.1 Å². The number of ether oxygens (including phenoxy) is 1. The molecular formula is C16H28N2O2S. The second-order valence-electron chi connectivity index (χ2n) is 6.08. The zero-order valence-electron chi connectivity index (χ0n) is 13.4. The molecule has 0 spiro atoms. The Morgan fingerprint density at radius 3 is 2.95 bits per heavy atom. The zero-order chi connectivity index (χ0) is 15.2. The minimum Gasteiger partial charge on any atom is -0.393 e. The molecule has 5 heteroatoms. The molecule has 0 aromatic carbocycles. The van der Waals surface area contributed by atoms with Gasteiger partial charge >= 0.3 is 0 Å². The number of aromatic nitrogens is 1. The van der Waals surface area contributed by atoms with Crippen LogP contribution in [-0.2, 0) is 11.3 Å². The van der Waals surface area contributed by atoms with E-state index in [1.807, 2.05) is 13.8 Å². The first-order valence-corrected chi connectivity index (χ1v) is 8.90. The topological polar surface area (TPSA) is 45.6 Å². The molecule has 1 saturated carbocycles. The molecule has 0 bridgehead atoms. The maximum absolute atomic E-state index is 10.1. The Morgan fingerprint density at radius 2 is 2.24 bits per heavy atom. The maximum atomic E-state index is 10.1. The van der Waals surface area contributed by atoms with E-state index in [-0.39, 0.29) is 12.2 Å². The van der Waals surface area contributed by atoms with Crippen LogP contribution in [0.3, 0.4) is 0 Å².